The smallest absolute Gasteiger partial charge is 0.235 e. The molecule has 2 saturated carbocycles. The van der Waals surface area contributed by atoms with Gasteiger partial charge in [-0.3, -0.25) is 4.79 Å². The number of carbonyl (C=O) groups is 1. The van der Waals surface area contributed by atoms with Crippen molar-refractivity contribution >= 4 is 23.1 Å². The van der Waals surface area contributed by atoms with Crippen LogP contribution in [-0.2, 0) is 4.79 Å². The Hall–Kier alpha value is -0.680. The molecular weight excluding hydrogens is 248 g/mol. The summed E-state index contributed by atoms with van der Waals surface area (Å²) in [5.74, 6) is 0.868. The molecule has 1 saturated heterocycles. The van der Waals surface area contributed by atoms with E-state index in [0.29, 0.717) is 17.5 Å². The number of amides is 1. The Morgan fingerprint density at radius 2 is 2.06 bits per heavy atom. The molecule has 0 aromatic heterocycles. The Morgan fingerprint density at radius 1 is 1.33 bits per heavy atom. The summed E-state index contributed by atoms with van der Waals surface area (Å²) in [4.78, 5) is 14.9. The number of rotatable bonds is 2. The summed E-state index contributed by atoms with van der Waals surface area (Å²) >= 11 is 5.10. The number of fused-ring (bicyclic) bond motifs is 1. The number of nitrogens with two attached hydrogens (primary N) is 1. The summed E-state index contributed by atoms with van der Waals surface area (Å²) in [5, 5.41) is 9.89. The van der Waals surface area contributed by atoms with Gasteiger partial charge in [0.05, 0.1) is 16.5 Å². The van der Waals surface area contributed by atoms with Crippen LogP contribution in [0.3, 0.4) is 0 Å². The zero-order chi connectivity index (χ0) is 12.9. The van der Waals surface area contributed by atoms with Crippen molar-refractivity contribution in [2.75, 3.05) is 13.1 Å². The lowest BCUT2D eigenvalue weighted by Crippen LogP contribution is -2.54. The van der Waals surface area contributed by atoms with Crippen LogP contribution >= 0.6 is 12.2 Å². The summed E-state index contributed by atoms with van der Waals surface area (Å²) < 4.78 is 0. The molecule has 100 valence electrons. The van der Waals surface area contributed by atoms with Gasteiger partial charge in [-0.15, -0.1) is 0 Å². The van der Waals surface area contributed by atoms with E-state index in [1.807, 2.05) is 4.90 Å². The third kappa shape index (κ3) is 1.60. The highest BCUT2D eigenvalue weighted by molar-refractivity contribution is 7.80. The number of aliphatic hydroxyl groups is 1. The standard InChI is InChI=1S/C13H20N2O2S/c14-11(18)13(4-1-5-13)12(17)15-6-8-2-3-10(16)9(8)7-15/h8-10,16H,1-7H2,(H2,14,18). The van der Waals surface area contributed by atoms with Crippen LogP contribution in [0.5, 0.6) is 0 Å². The fourth-order valence-electron chi connectivity index (χ4n) is 3.80. The van der Waals surface area contributed by atoms with Gasteiger partial charge in [-0.2, -0.15) is 0 Å². The van der Waals surface area contributed by atoms with Crippen molar-refractivity contribution in [1.29, 1.82) is 0 Å². The lowest BCUT2D eigenvalue weighted by Gasteiger charge is -2.42. The van der Waals surface area contributed by atoms with Crippen molar-refractivity contribution in [3.05, 3.63) is 0 Å². The van der Waals surface area contributed by atoms with E-state index in [1.165, 1.54) is 0 Å². The molecule has 3 fully saturated rings. The van der Waals surface area contributed by atoms with Crippen LogP contribution in [0.1, 0.15) is 32.1 Å². The van der Waals surface area contributed by atoms with E-state index in [4.69, 9.17) is 18.0 Å². The minimum atomic E-state index is -0.557. The van der Waals surface area contributed by atoms with Crippen LogP contribution in [0.25, 0.3) is 0 Å². The third-order valence-electron chi connectivity index (χ3n) is 5.19. The van der Waals surface area contributed by atoms with Crippen molar-refractivity contribution < 1.29 is 9.90 Å². The maximum atomic E-state index is 12.6. The topological polar surface area (TPSA) is 66.6 Å². The van der Waals surface area contributed by atoms with Crippen LogP contribution < -0.4 is 5.73 Å². The van der Waals surface area contributed by atoms with E-state index in [-0.39, 0.29) is 17.9 Å². The first-order valence-corrected chi connectivity index (χ1v) is 7.23. The molecule has 1 amide bonds. The number of nitrogens with zero attached hydrogens (tertiary/aromatic N) is 1. The zero-order valence-corrected chi connectivity index (χ0v) is 11.3. The number of aliphatic hydroxyl groups excluding tert-OH is 1. The molecular formula is C13H20N2O2S. The third-order valence-corrected chi connectivity index (χ3v) is 5.59. The monoisotopic (exact) mass is 268 g/mol. The van der Waals surface area contributed by atoms with E-state index in [9.17, 15) is 9.90 Å². The Balaban J connectivity index is 1.73. The number of likely N-dealkylation sites (tertiary alicyclic amines) is 1. The highest BCUT2D eigenvalue weighted by atomic mass is 32.1. The molecule has 2 aliphatic carbocycles. The molecule has 0 spiro atoms. The van der Waals surface area contributed by atoms with Gasteiger partial charge in [-0.05, 0) is 31.6 Å². The fourth-order valence-corrected chi connectivity index (χ4v) is 4.09. The first-order chi connectivity index (χ1) is 8.54. The SMILES string of the molecule is NC(=S)C1(C(=O)N2CC3CCC(O)C3C2)CCC1. The second-order valence-corrected chi connectivity index (χ2v) is 6.52. The van der Waals surface area contributed by atoms with Gasteiger partial charge < -0.3 is 15.7 Å². The van der Waals surface area contributed by atoms with Gasteiger partial charge in [0.25, 0.3) is 0 Å². The van der Waals surface area contributed by atoms with Crippen LogP contribution in [-0.4, -0.2) is 40.1 Å². The van der Waals surface area contributed by atoms with Gasteiger partial charge in [0.2, 0.25) is 5.91 Å². The largest absolute Gasteiger partial charge is 0.393 e. The lowest BCUT2D eigenvalue weighted by molar-refractivity contribution is -0.141. The van der Waals surface area contributed by atoms with E-state index < -0.39 is 5.41 Å². The van der Waals surface area contributed by atoms with Gasteiger partial charge in [0, 0.05) is 19.0 Å². The second kappa shape index (κ2) is 4.17. The van der Waals surface area contributed by atoms with Crippen LogP contribution in [0, 0.1) is 17.3 Å². The second-order valence-electron chi connectivity index (χ2n) is 6.08. The van der Waals surface area contributed by atoms with Crippen molar-refractivity contribution in [2.24, 2.45) is 23.0 Å². The molecule has 18 heavy (non-hydrogen) atoms. The molecule has 0 aromatic carbocycles. The Bertz CT molecular complexity index is 394. The van der Waals surface area contributed by atoms with Gasteiger partial charge in [0.15, 0.2) is 0 Å². The number of carbonyl (C=O) groups excluding carboxylic acids is 1. The fraction of sp³-hybridized carbons (Fsp3) is 0.846. The Morgan fingerprint density at radius 3 is 2.56 bits per heavy atom. The van der Waals surface area contributed by atoms with Gasteiger partial charge in [-0.1, -0.05) is 18.6 Å². The maximum absolute atomic E-state index is 12.6. The highest BCUT2D eigenvalue weighted by Crippen LogP contribution is 2.46. The van der Waals surface area contributed by atoms with Crippen molar-refractivity contribution in [1.82, 2.24) is 4.90 Å². The lowest BCUT2D eigenvalue weighted by atomic mass is 9.67. The Labute approximate surface area is 113 Å². The molecule has 3 rings (SSSR count). The summed E-state index contributed by atoms with van der Waals surface area (Å²) in [5.41, 5.74) is 5.22. The molecule has 5 heteroatoms. The molecule has 0 aromatic rings. The van der Waals surface area contributed by atoms with Crippen LogP contribution in [0.2, 0.25) is 0 Å². The summed E-state index contributed by atoms with van der Waals surface area (Å²) in [6.45, 7) is 1.47. The van der Waals surface area contributed by atoms with Gasteiger partial charge in [0.1, 0.15) is 0 Å². The van der Waals surface area contributed by atoms with Gasteiger partial charge >= 0.3 is 0 Å². The first-order valence-electron chi connectivity index (χ1n) is 6.82. The van der Waals surface area contributed by atoms with Crippen LogP contribution in [0.4, 0.5) is 0 Å². The summed E-state index contributed by atoms with van der Waals surface area (Å²) in [7, 11) is 0. The van der Waals surface area contributed by atoms with Crippen molar-refractivity contribution in [3.63, 3.8) is 0 Å². The quantitative estimate of drug-likeness (QED) is 0.723. The molecule has 1 heterocycles. The predicted molar refractivity (Wildman–Crippen MR) is 71.9 cm³/mol. The highest BCUT2D eigenvalue weighted by Gasteiger charge is 2.52. The predicted octanol–water partition coefficient (Wildman–Crippen LogP) is 0.672. The molecule has 4 nitrogen and oxygen atoms in total. The number of hydrogen-bond donors (Lipinski definition) is 2. The average Bonchev–Trinajstić information content (AvgIpc) is 2.79. The minimum absolute atomic E-state index is 0.114. The van der Waals surface area contributed by atoms with E-state index >= 15 is 0 Å². The molecule has 3 unspecified atom stereocenters. The molecule has 3 atom stereocenters. The van der Waals surface area contributed by atoms with E-state index in [2.05, 4.69) is 0 Å². The van der Waals surface area contributed by atoms with Crippen LogP contribution in [0.15, 0.2) is 0 Å². The van der Waals surface area contributed by atoms with Crippen molar-refractivity contribution in [3.8, 4) is 0 Å². The maximum Gasteiger partial charge on any atom is 0.235 e. The number of thiocarbonyl (C=S) groups is 1. The minimum Gasteiger partial charge on any atom is -0.393 e. The normalized spacial score (nSPS) is 37.2. The van der Waals surface area contributed by atoms with E-state index in [1.54, 1.807) is 0 Å². The summed E-state index contributed by atoms with van der Waals surface area (Å²) in [6.07, 6.45) is 4.33. The summed E-state index contributed by atoms with van der Waals surface area (Å²) in [6, 6.07) is 0. The molecule has 3 aliphatic rings. The average molecular weight is 268 g/mol. The van der Waals surface area contributed by atoms with Crippen molar-refractivity contribution in [2.45, 2.75) is 38.2 Å². The first kappa shape index (κ1) is 12.4. The Kier molecular flexibility index (Phi) is 2.86. The number of hydrogen-bond acceptors (Lipinski definition) is 3. The van der Waals surface area contributed by atoms with Gasteiger partial charge in [-0.25, -0.2) is 0 Å². The molecule has 0 bridgehead atoms. The zero-order valence-electron chi connectivity index (χ0n) is 10.5. The molecule has 3 N–H and O–H groups in total. The molecule has 0 radical (unpaired) electrons. The molecule has 1 aliphatic heterocycles. The van der Waals surface area contributed by atoms with E-state index in [0.717, 1.165) is 38.6 Å².